The molecule has 1 atom stereocenters. The SMILES string of the molecule is CCC(COc1nccc(N)n1)S(C)(=O)=O. The summed E-state index contributed by atoms with van der Waals surface area (Å²) in [7, 11) is -3.11. The summed E-state index contributed by atoms with van der Waals surface area (Å²) in [4.78, 5) is 7.63. The Labute approximate surface area is 94.8 Å². The molecule has 2 N–H and O–H groups in total. The highest BCUT2D eigenvalue weighted by atomic mass is 32.2. The second kappa shape index (κ2) is 5.11. The zero-order valence-corrected chi connectivity index (χ0v) is 10.1. The van der Waals surface area contributed by atoms with Crippen LogP contribution in [-0.2, 0) is 9.84 Å². The number of nitrogen functional groups attached to an aromatic ring is 1. The Kier molecular flexibility index (Phi) is 4.05. The monoisotopic (exact) mass is 245 g/mol. The minimum Gasteiger partial charge on any atom is -0.462 e. The Hall–Kier alpha value is -1.37. The van der Waals surface area contributed by atoms with Gasteiger partial charge in [-0.15, -0.1) is 0 Å². The van der Waals surface area contributed by atoms with Gasteiger partial charge in [0.15, 0.2) is 9.84 Å². The first-order chi connectivity index (χ1) is 7.43. The van der Waals surface area contributed by atoms with Crippen molar-refractivity contribution < 1.29 is 13.2 Å². The van der Waals surface area contributed by atoms with E-state index in [0.717, 1.165) is 0 Å². The van der Waals surface area contributed by atoms with E-state index in [0.29, 0.717) is 6.42 Å². The maximum absolute atomic E-state index is 11.3. The molecule has 0 radical (unpaired) electrons. The van der Waals surface area contributed by atoms with E-state index in [1.54, 1.807) is 6.92 Å². The number of sulfone groups is 1. The van der Waals surface area contributed by atoms with Crippen molar-refractivity contribution >= 4 is 15.7 Å². The minimum atomic E-state index is -3.11. The Bertz CT molecular complexity index is 447. The van der Waals surface area contributed by atoms with Crippen molar-refractivity contribution in [2.24, 2.45) is 0 Å². The van der Waals surface area contributed by atoms with E-state index >= 15 is 0 Å². The lowest BCUT2D eigenvalue weighted by Crippen LogP contribution is -2.26. The number of hydrogen-bond acceptors (Lipinski definition) is 6. The number of hydrogen-bond donors (Lipinski definition) is 1. The Morgan fingerprint density at radius 3 is 2.75 bits per heavy atom. The van der Waals surface area contributed by atoms with Crippen LogP contribution >= 0.6 is 0 Å². The third-order valence-corrected chi connectivity index (χ3v) is 3.79. The van der Waals surface area contributed by atoms with Gasteiger partial charge in [0.05, 0.1) is 5.25 Å². The lowest BCUT2D eigenvalue weighted by molar-refractivity contribution is 0.286. The first-order valence-electron chi connectivity index (χ1n) is 4.83. The molecular weight excluding hydrogens is 230 g/mol. The molecule has 0 fully saturated rings. The van der Waals surface area contributed by atoms with Crippen molar-refractivity contribution in [2.45, 2.75) is 18.6 Å². The van der Waals surface area contributed by atoms with Gasteiger partial charge in [0, 0.05) is 12.5 Å². The molecule has 0 aromatic carbocycles. The summed E-state index contributed by atoms with van der Waals surface area (Å²) in [5.74, 6) is 0.289. The molecule has 0 amide bonds. The van der Waals surface area contributed by atoms with Gasteiger partial charge in [0.1, 0.15) is 12.4 Å². The average molecular weight is 245 g/mol. The molecule has 90 valence electrons. The lowest BCUT2D eigenvalue weighted by Gasteiger charge is -2.12. The summed E-state index contributed by atoms with van der Waals surface area (Å²) < 4.78 is 27.8. The predicted octanol–water partition coefficient (Wildman–Crippen LogP) is 0.261. The van der Waals surface area contributed by atoms with Crippen molar-refractivity contribution in [1.82, 2.24) is 9.97 Å². The van der Waals surface area contributed by atoms with Gasteiger partial charge in [-0.25, -0.2) is 13.4 Å². The first kappa shape index (κ1) is 12.7. The van der Waals surface area contributed by atoms with E-state index < -0.39 is 15.1 Å². The van der Waals surface area contributed by atoms with Crippen LogP contribution in [0.4, 0.5) is 5.82 Å². The van der Waals surface area contributed by atoms with Crippen LogP contribution in [0.15, 0.2) is 12.3 Å². The van der Waals surface area contributed by atoms with E-state index in [1.807, 2.05) is 0 Å². The third kappa shape index (κ3) is 3.65. The molecule has 16 heavy (non-hydrogen) atoms. The van der Waals surface area contributed by atoms with Gasteiger partial charge < -0.3 is 10.5 Å². The van der Waals surface area contributed by atoms with Crippen LogP contribution in [0.25, 0.3) is 0 Å². The third-order valence-electron chi connectivity index (χ3n) is 2.11. The van der Waals surface area contributed by atoms with E-state index in [-0.39, 0.29) is 18.4 Å². The molecule has 1 unspecified atom stereocenters. The number of aromatic nitrogens is 2. The van der Waals surface area contributed by atoms with Crippen LogP contribution in [0.3, 0.4) is 0 Å². The number of ether oxygens (including phenoxy) is 1. The molecule has 1 rings (SSSR count). The Morgan fingerprint density at radius 2 is 2.25 bits per heavy atom. The second-order valence-corrected chi connectivity index (χ2v) is 5.76. The molecule has 0 aliphatic carbocycles. The standard InChI is InChI=1S/C9H15N3O3S/c1-3-7(16(2,13)14)6-15-9-11-5-4-8(10)12-9/h4-5,7H,3,6H2,1-2H3,(H2,10,11,12). The summed E-state index contributed by atoms with van der Waals surface area (Å²) >= 11 is 0. The molecule has 0 bridgehead atoms. The predicted molar refractivity (Wildman–Crippen MR) is 60.9 cm³/mol. The highest BCUT2D eigenvalue weighted by molar-refractivity contribution is 7.91. The molecule has 1 heterocycles. The fourth-order valence-corrected chi connectivity index (χ4v) is 2.06. The van der Waals surface area contributed by atoms with Crippen molar-refractivity contribution in [3.63, 3.8) is 0 Å². The van der Waals surface area contributed by atoms with Gasteiger partial charge in [0.25, 0.3) is 0 Å². The van der Waals surface area contributed by atoms with Crippen LogP contribution in [0.2, 0.25) is 0 Å². The van der Waals surface area contributed by atoms with Crippen molar-refractivity contribution in [2.75, 3.05) is 18.6 Å². The van der Waals surface area contributed by atoms with Crippen LogP contribution in [-0.4, -0.2) is 36.5 Å². The average Bonchev–Trinajstić information content (AvgIpc) is 2.16. The molecule has 6 nitrogen and oxygen atoms in total. The highest BCUT2D eigenvalue weighted by Gasteiger charge is 2.19. The van der Waals surface area contributed by atoms with Gasteiger partial charge in [-0.1, -0.05) is 6.92 Å². The minimum absolute atomic E-state index is 0.0405. The molecule has 7 heteroatoms. The maximum Gasteiger partial charge on any atom is 0.318 e. The van der Waals surface area contributed by atoms with Crippen molar-refractivity contribution in [3.05, 3.63) is 12.3 Å². The van der Waals surface area contributed by atoms with Gasteiger partial charge in [-0.2, -0.15) is 4.98 Å². The topological polar surface area (TPSA) is 95.2 Å². The molecule has 0 aliphatic heterocycles. The van der Waals surface area contributed by atoms with Crippen LogP contribution < -0.4 is 10.5 Å². The van der Waals surface area contributed by atoms with E-state index in [4.69, 9.17) is 10.5 Å². The summed E-state index contributed by atoms with van der Waals surface area (Å²) in [5.41, 5.74) is 5.43. The fourth-order valence-electron chi connectivity index (χ4n) is 1.14. The van der Waals surface area contributed by atoms with Gasteiger partial charge >= 0.3 is 6.01 Å². The Balaban J connectivity index is 2.63. The highest BCUT2D eigenvalue weighted by Crippen LogP contribution is 2.08. The van der Waals surface area contributed by atoms with Crippen LogP contribution in [0.5, 0.6) is 6.01 Å². The lowest BCUT2D eigenvalue weighted by atomic mass is 10.3. The number of rotatable bonds is 5. The molecule has 0 saturated carbocycles. The van der Waals surface area contributed by atoms with Crippen molar-refractivity contribution in [3.8, 4) is 6.01 Å². The molecule has 0 spiro atoms. The van der Waals surface area contributed by atoms with Crippen LogP contribution in [0, 0.1) is 0 Å². The number of nitrogens with two attached hydrogens (primary N) is 1. The fraction of sp³-hybridized carbons (Fsp3) is 0.556. The molecule has 0 saturated heterocycles. The van der Waals surface area contributed by atoms with E-state index in [2.05, 4.69) is 9.97 Å². The normalized spacial score (nSPS) is 13.4. The Morgan fingerprint density at radius 1 is 1.56 bits per heavy atom. The van der Waals surface area contributed by atoms with Crippen LogP contribution in [0.1, 0.15) is 13.3 Å². The van der Waals surface area contributed by atoms with E-state index in [1.165, 1.54) is 18.5 Å². The van der Waals surface area contributed by atoms with Crippen molar-refractivity contribution in [1.29, 1.82) is 0 Å². The first-order valence-corrected chi connectivity index (χ1v) is 6.79. The quantitative estimate of drug-likeness (QED) is 0.799. The van der Waals surface area contributed by atoms with Gasteiger partial charge in [-0.3, -0.25) is 0 Å². The molecule has 1 aromatic rings. The number of nitrogens with zero attached hydrogens (tertiary/aromatic N) is 2. The molecule has 1 aromatic heterocycles. The smallest absolute Gasteiger partial charge is 0.318 e. The van der Waals surface area contributed by atoms with Gasteiger partial charge in [0.2, 0.25) is 0 Å². The summed E-state index contributed by atoms with van der Waals surface area (Å²) in [6, 6.07) is 1.63. The van der Waals surface area contributed by atoms with Gasteiger partial charge in [-0.05, 0) is 12.5 Å². The second-order valence-electron chi connectivity index (χ2n) is 3.43. The zero-order valence-electron chi connectivity index (χ0n) is 9.25. The summed E-state index contributed by atoms with van der Waals surface area (Å²) in [6.45, 7) is 1.83. The molecule has 0 aliphatic rings. The summed E-state index contributed by atoms with van der Waals surface area (Å²) in [5, 5.41) is -0.544. The molecular formula is C9H15N3O3S. The van der Waals surface area contributed by atoms with E-state index in [9.17, 15) is 8.42 Å². The zero-order chi connectivity index (χ0) is 12.2. The maximum atomic E-state index is 11.3. The largest absolute Gasteiger partial charge is 0.462 e. The number of anilines is 1. The summed E-state index contributed by atoms with van der Waals surface area (Å²) in [6.07, 6.45) is 3.13.